The summed E-state index contributed by atoms with van der Waals surface area (Å²) < 4.78 is 7.68. The molecule has 1 aromatic heterocycles. The fourth-order valence-corrected chi connectivity index (χ4v) is 5.08. The third kappa shape index (κ3) is 5.36. The minimum atomic E-state index is -0.848. The highest BCUT2D eigenvalue weighted by Crippen LogP contribution is 2.34. The summed E-state index contributed by atoms with van der Waals surface area (Å²) in [4.78, 5) is 42.8. The molecule has 2 aliphatic rings. The Morgan fingerprint density at radius 1 is 1.15 bits per heavy atom. The predicted molar refractivity (Wildman–Crippen MR) is 148 cm³/mol. The van der Waals surface area contributed by atoms with Crippen LogP contribution in [0.4, 0.5) is 5.69 Å². The van der Waals surface area contributed by atoms with E-state index >= 15 is 0 Å². The number of aromatic nitrogens is 2. The van der Waals surface area contributed by atoms with Gasteiger partial charge in [0.05, 0.1) is 12.2 Å². The van der Waals surface area contributed by atoms with Gasteiger partial charge in [0.15, 0.2) is 5.69 Å². The van der Waals surface area contributed by atoms with Gasteiger partial charge in [-0.25, -0.2) is 4.68 Å². The molecule has 3 heterocycles. The fourth-order valence-electron chi connectivity index (χ4n) is 4.80. The Balaban J connectivity index is 1.35. The molecular formula is C29H32ClN5O4. The van der Waals surface area contributed by atoms with Gasteiger partial charge in [0.25, 0.3) is 17.7 Å². The maximum Gasteiger partial charge on any atom is 0.275 e. The Kier molecular flexibility index (Phi) is 7.11. The van der Waals surface area contributed by atoms with Crippen LogP contribution >= 0.6 is 11.6 Å². The molecule has 3 aromatic rings. The number of hydrogen-bond acceptors (Lipinski definition) is 5. The van der Waals surface area contributed by atoms with Crippen molar-refractivity contribution in [2.75, 3.05) is 31.6 Å². The van der Waals surface area contributed by atoms with Gasteiger partial charge >= 0.3 is 0 Å². The number of anilines is 1. The van der Waals surface area contributed by atoms with E-state index in [2.05, 4.69) is 10.4 Å². The number of carbonyl (C=O) groups is 3. The van der Waals surface area contributed by atoms with Gasteiger partial charge in [-0.3, -0.25) is 14.4 Å². The molecule has 1 N–H and O–H groups in total. The van der Waals surface area contributed by atoms with Gasteiger partial charge in [-0.15, -0.1) is 0 Å². The average molecular weight is 550 g/mol. The van der Waals surface area contributed by atoms with Crippen molar-refractivity contribution in [3.63, 3.8) is 0 Å². The number of benzene rings is 2. The number of likely N-dealkylation sites (N-methyl/N-ethyl adjacent to an activating group) is 1. The van der Waals surface area contributed by atoms with E-state index in [0.29, 0.717) is 53.8 Å². The molecule has 3 amide bonds. The fraction of sp³-hybridized carbons (Fsp3) is 0.379. The molecule has 0 unspecified atom stereocenters. The highest BCUT2D eigenvalue weighted by molar-refractivity contribution is 6.31. The van der Waals surface area contributed by atoms with Crippen molar-refractivity contribution in [1.29, 1.82) is 0 Å². The van der Waals surface area contributed by atoms with Crippen molar-refractivity contribution in [1.82, 2.24) is 20.0 Å². The number of nitrogens with zero attached hydrogens (tertiary/aromatic N) is 4. The van der Waals surface area contributed by atoms with Gasteiger partial charge in [0.1, 0.15) is 23.6 Å². The Morgan fingerprint density at radius 2 is 1.90 bits per heavy atom. The molecule has 10 heteroatoms. The first kappa shape index (κ1) is 26.7. The monoisotopic (exact) mass is 549 g/mol. The molecular weight excluding hydrogens is 518 g/mol. The molecule has 0 saturated carbocycles. The van der Waals surface area contributed by atoms with Crippen LogP contribution in [0.15, 0.2) is 48.5 Å². The molecule has 204 valence electrons. The first-order chi connectivity index (χ1) is 18.5. The molecule has 5 rings (SSSR count). The zero-order valence-electron chi connectivity index (χ0n) is 22.5. The Labute approximate surface area is 232 Å². The largest absolute Gasteiger partial charge is 0.489 e. The number of halogens is 1. The number of amides is 3. The average Bonchev–Trinajstić information content (AvgIpc) is 3.17. The van der Waals surface area contributed by atoms with Crippen LogP contribution in [0.2, 0.25) is 5.15 Å². The maximum absolute atomic E-state index is 13.6. The van der Waals surface area contributed by atoms with Crippen LogP contribution in [0.3, 0.4) is 0 Å². The summed E-state index contributed by atoms with van der Waals surface area (Å²) in [7, 11) is 1.65. The minimum absolute atomic E-state index is 0.0389. The molecule has 1 atom stereocenters. The lowest BCUT2D eigenvalue weighted by molar-refractivity contribution is -0.123. The minimum Gasteiger partial charge on any atom is -0.489 e. The molecule has 9 nitrogen and oxygen atoms in total. The summed E-state index contributed by atoms with van der Waals surface area (Å²) in [5.41, 5.74) is 2.89. The second kappa shape index (κ2) is 10.4. The van der Waals surface area contributed by atoms with E-state index in [9.17, 15) is 14.4 Å². The Morgan fingerprint density at radius 3 is 2.62 bits per heavy atom. The number of nitrogens with one attached hydrogen (secondary N) is 1. The van der Waals surface area contributed by atoms with Gasteiger partial charge in [0.2, 0.25) is 0 Å². The van der Waals surface area contributed by atoms with Crippen molar-refractivity contribution >= 4 is 35.0 Å². The smallest absolute Gasteiger partial charge is 0.275 e. The number of ether oxygens (including phenoxy) is 1. The van der Waals surface area contributed by atoms with Crippen LogP contribution in [0.25, 0.3) is 0 Å². The van der Waals surface area contributed by atoms with Crippen LogP contribution in [0.5, 0.6) is 5.75 Å². The lowest BCUT2D eigenvalue weighted by atomic mass is 9.97. The molecule has 0 spiro atoms. The van der Waals surface area contributed by atoms with Crippen LogP contribution in [0, 0.1) is 5.41 Å². The molecule has 39 heavy (non-hydrogen) atoms. The lowest BCUT2D eigenvalue weighted by Crippen LogP contribution is -2.54. The van der Waals surface area contributed by atoms with E-state index in [1.165, 1.54) is 9.80 Å². The van der Waals surface area contributed by atoms with Crippen LogP contribution in [-0.2, 0) is 17.8 Å². The first-order valence-corrected chi connectivity index (χ1v) is 13.3. The Bertz CT molecular complexity index is 1430. The van der Waals surface area contributed by atoms with Crippen molar-refractivity contribution in [3.05, 3.63) is 76.1 Å². The quantitative estimate of drug-likeness (QED) is 0.522. The van der Waals surface area contributed by atoms with E-state index in [-0.39, 0.29) is 35.4 Å². The SMILES string of the molecule is CN1C(=O)[C@@H](N2CCc3c(nn(Cc4ccccc4)c3Cl)C2=O)COc2cc(C(=O)NCC(C)(C)C)ccc21. The topological polar surface area (TPSA) is 96.8 Å². The van der Waals surface area contributed by atoms with Crippen LogP contribution in [-0.4, -0.2) is 65.2 Å². The van der Waals surface area contributed by atoms with Crippen molar-refractivity contribution < 1.29 is 19.1 Å². The lowest BCUT2D eigenvalue weighted by Gasteiger charge is -2.33. The zero-order chi connectivity index (χ0) is 27.9. The number of rotatable bonds is 5. The van der Waals surface area contributed by atoms with Gasteiger partial charge in [-0.1, -0.05) is 62.7 Å². The third-order valence-electron chi connectivity index (χ3n) is 6.97. The van der Waals surface area contributed by atoms with Crippen LogP contribution < -0.4 is 15.0 Å². The summed E-state index contributed by atoms with van der Waals surface area (Å²) in [6, 6.07) is 13.9. The van der Waals surface area contributed by atoms with E-state index in [1.807, 2.05) is 51.1 Å². The summed E-state index contributed by atoms with van der Waals surface area (Å²) in [5.74, 6) is -0.427. The molecule has 2 aromatic carbocycles. The molecule has 0 saturated heterocycles. The molecule has 0 fully saturated rings. The second-order valence-electron chi connectivity index (χ2n) is 11.2. The summed E-state index contributed by atoms with van der Waals surface area (Å²) in [6.07, 6.45) is 0.479. The summed E-state index contributed by atoms with van der Waals surface area (Å²) in [5, 5.41) is 7.90. The number of hydrogen-bond donors (Lipinski definition) is 1. The van der Waals surface area contributed by atoms with E-state index in [1.54, 1.807) is 29.9 Å². The molecule has 0 radical (unpaired) electrons. The van der Waals surface area contributed by atoms with E-state index in [4.69, 9.17) is 16.3 Å². The highest BCUT2D eigenvalue weighted by atomic mass is 35.5. The van der Waals surface area contributed by atoms with E-state index in [0.717, 1.165) is 5.56 Å². The number of carbonyl (C=O) groups excluding carboxylic acids is 3. The molecule has 2 aliphatic heterocycles. The van der Waals surface area contributed by atoms with Gasteiger partial charge in [0, 0.05) is 31.3 Å². The normalized spacial score (nSPS) is 17.3. The maximum atomic E-state index is 13.6. The summed E-state index contributed by atoms with van der Waals surface area (Å²) >= 11 is 6.61. The second-order valence-corrected chi connectivity index (χ2v) is 11.5. The van der Waals surface area contributed by atoms with Crippen LogP contribution in [0.1, 0.15) is 52.7 Å². The van der Waals surface area contributed by atoms with Gasteiger partial charge in [-0.05, 0) is 35.6 Å². The Hall–Kier alpha value is -3.85. The molecule has 0 bridgehead atoms. The summed E-state index contributed by atoms with van der Waals surface area (Å²) in [6.45, 7) is 7.36. The van der Waals surface area contributed by atoms with E-state index < -0.39 is 6.04 Å². The van der Waals surface area contributed by atoms with Crippen molar-refractivity contribution in [2.45, 2.75) is 39.8 Å². The third-order valence-corrected chi connectivity index (χ3v) is 7.40. The van der Waals surface area contributed by atoms with Crippen molar-refractivity contribution in [3.8, 4) is 5.75 Å². The van der Waals surface area contributed by atoms with Crippen molar-refractivity contribution in [2.24, 2.45) is 5.41 Å². The van der Waals surface area contributed by atoms with Gasteiger partial charge in [-0.2, -0.15) is 5.10 Å². The van der Waals surface area contributed by atoms with Gasteiger partial charge < -0.3 is 19.9 Å². The first-order valence-electron chi connectivity index (χ1n) is 13.0. The highest BCUT2D eigenvalue weighted by Gasteiger charge is 2.41. The standard InChI is InChI=1S/C29H32ClN5O4/c1-29(2,3)17-31-26(36)19-10-11-21-23(14-19)39-16-22(27(37)33(21)4)34-13-12-20-24(28(34)38)32-35(25(20)30)15-18-8-6-5-7-9-18/h5-11,14,22H,12-13,15-17H2,1-4H3,(H,31,36)/t22-/m0/s1. The molecule has 0 aliphatic carbocycles. The zero-order valence-corrected chi connectivity index (χ0v) is 23.3. The number of fused-ring (bicyclic) bond motifs is 2. The predicted octanol–water partition coefficient (Wildman–Crippen LogP) is 3.78.